The topological polar surface area (TPSA) is 111 Å². The number of aryl methyl sites for hydroxylation is 1. The standard InChI is InChI=1S/C29H23FN6O3.K.H/c1-2-8-25-23(27(37)35(20-9-4-3-5-10-20)28-31-17-32-36(25)28)15-19-14-13-18(16-24(19)30)21-11-6-7-12-22(21)26-33-29(38)39-34-26;;/h3-7,9-14,16-17H,2,8,15H2,1H3,(H,33,34,38);;/q;+1;-1. The fourth-order valence-electron chi connectivity index (χ4n) is 4.87. The van der Waals surface area contributed by atoms with E-state index >= 15 is 4.39 Å². The minimum Gasteiger partial charge on any atom is -1.00 e. The minimum absolute atomic E-state index is 0. The van der Waals surface area contributed by atoms with Crippen molar-refractivity contribution in [2.45, 2.75) is 26.2 Å². The van der Waals surface area contributed by atoms with Crippen LogP contribution in [-0.2, 0) is 12.8 Å². The molecule has 0 atom stereocenters. The molecule has 0 saturated heterocycles. The molecule has 11 heteroatoms. The monoisotopic (exact) mass is 562 g/mol. The Labute approximate surface area is 271 Å². The number of aromatic nitrogens is 6. The van der Waals surface area contributed by atoms with Crippen molar-refractivity contribution in [3.63, 3.8) is 0 Å². The van der Waals surface area contributed by atoms with Gasteiger partial charge >= 0.3 is 57.1 Å². The number of para-hydroxylation sites is 1. The molecule has 40 heavy (non-hydrogen) atoms. The van der Waals surface area contributed by atoms with E-state index in [1.54, 1.807) is 28.8 Å². The number of H-pyrrole nitrogens is 1. The molecular weight excluding hydrogens is 538 g/mol. The summed E-state index contributed by atoms with van der Waals surface area (Å²) in [4.78, 5) is 32.3. The van der Waals surface area contributed by atoms with Crippen LogP contribution < -0.4 is 62.7 Å². The van der Waals surface area contributed by atoms with Gasteiger partial charge in [-0.05, 0) is 41.3 Å². The first-order chi connectivity index (χ1) is 19.0. The van der Waals surface area contributed by atoms with Gasteiger partial charge in [0, 0.05) is 17.5 Å². The summed E-state index contributed by atoms with van der Waals surface area (Å²) < 4.78 is 23.5. The minimum atomic E-state index is -0.672. The van der Waals surface area contributed by atoms with Crippen LogP contribution in [0.3, 0.4) is 0 Å². The van der Waals surface area contributed by atoms with E-state index in [9.17, 15) is 9.59 Å². The number of aromatic amines is 1. The maximum atomic E-state index is 15.7. The molecule has 0 amide bonds. The first-order valence-electron chi connectivity index (χ1n) is 12.5. The van der Waals surface area contributed by atoms with Crippen molar-refractivity contribution in [3.8, 4) is 28.2 Å². The van der Waals surface area contributed by atoms with Gasteiger partial charge in [-0.15, -0.1) is 0 Å². The molecule has 6 rings (SSSR count). The molecule has 3 aromatic heterocycles. The fourth-order valence-corrected chi connectivity index (χ4v) is 4.87. The van der Waals surface area contributed by atoms with Crippen LogP contribution in [0.25, 0.3) is 34.0 Å². The van der Waals surface area contributed by atoms with E-state index in [4.69, 9.17) is 0 Å². The Morgan fingerprint density at radius 2 is 1.75 bits per heavy atom. The van der Waals surface area contributed by atoms with Crippen LogP contribution in [-0.4, -0.2) is 29.3 Å². The number of hydrogen-bond acceptors (Lipinski definition) is 6. The van der Waals surface area contributed by atoms with Gasteiger partial charge in [0.15, 0.2) is 5.82 Å². The van der Waals surface area contributed by atoms with Gasteiger partial charge in [0.05, 0.1) is 11.4 Å². The van der Waals surface area contributed by atoms with Gasteiger partial charge in [-0.25, -0.2) is 18.3 Å². The molecule has 9 nitrogen and oxygen atoms in total. The Kier molecular flexibility index (Phi) is 8.38. The quantitative estimate of drug-likeness (QED) is 0.297. The zero-order valence-corrected chi connectivity index (χ0v) is 25.1. The molecule has 0 aliphatic carbocycles. The van der Waals surface area contributed by atoms with Gasteiger partial charge in [-0.2, -0.15) is 10.1 Å². The number of hydrogen-bond donors (Lipinski definition) is 1. The van der Waals surface area contributed by atoms with E-state index in [0.717, 1.165) is 6.42 Å². The predicted molar refractivity (Wildman–Crippen MR) is 144 cm³/mol. The summed E-state index contributed by atoms with van der Waals surface area (Å²) in [6.07, 6.45) is 2.87. The molecule has 0 radical (unpaired) electrons. The Morgan fingerprint density at radius 1 is 1.00 bits per heavy atom. The molecule has 0 fully saturated rings. The van der Waals surface area contributed by atoms with Crippen LogP contribution in [0.5, 0.6) is 0 Å². The Balaban J connectivity index is 0.00000194. The third-order valence-electron chi connectivity index (χ3n) is 6.65. The fraction of sp³-hybridized carbons (Fsp3) is 0.138. The van der Waals surface area contributed by atoms with E-state index < -0.39 is 11.6 Å². The van der Waals surface area contributed by atoms with Crippen molar-refractivity contribution in [1.29, 1.82) is 0 Å². The summed E-state index contributed by atoms with van der Waals surface area (Å²) in [5.74, 6) is -0.457. The maximum absolute atomic E-state index is 15.7. The molecule has 0 unspecified atom stereocenters. The van der Waals surface area contributed by atoms with Crippen LogP contribution >= 0.6 is 0 Å². The predicted octanol–water partition coefficient (Wildman–Crippen LogP) is 1.69. The number of nitrogens with one attached hydrogen (secondary N) is 1. The van der Waals surface area contributed by atoms with Crippen molar-refractivity contribution in [2.24, 2.45) is 0 Å². The molecule has 196 valence electrons. The van der Waals surface area contributed by atoms with E-state index in [-0.39, 0.29) is 70.6 Å². The second-order valence-electron chi connectivity index (χ2n) is 9.10. The van der Waals surface area contributed by atoms with Crippen LogP contribution in [0.1, 0.15) is 31.6 Å². The second-order valence-corrected chi connectivity index (χ2v) is 9.10. The molecule has 6 aromatic rings. The molecule has 0 aliphatic heterocycles. The summed E-state index contributed by atoms with van der Waals surface area (Å²) in [5, 5.41) is 8.17. The molecule has 0 saturated carbocycles. The Morgan fingerprint density at radius 3 is 2.45 bits per heavy atom. The number of fused-ring (bicyclic) bond motifs is 1. The first-order valence-corrected chi connectivity index (χ1v) is 12.5. The molecule has 3 aromatic carbocycles. The molecule has 0 spiro atoms. The van der Waals surface area contributed by atoms with Crippen molar-refractivity contribution in [2.75, 3.05) is 0 Å². The SMILES string of the molecule is CCCc1c(Cc2ccc(-c3ccccc3-c3noc(=O)[nH]3)cc2F)c(=O)n(-c2ccccc2)c2ncnn12.[H-].[K+]. The average molecular weight is 563 g/mol. The van der Waals surface area contributed by atoms with Crippen molar-refractivity contribution in [3.05, 3.63) is 123 Å². The number of rotatable bonds is 7. The van der Waals surface area contributed by atoms with Crippen molar-refractivity contribution < 1.29 is 61.7 Å². The number of halogens is 1. The maximum Gasteiger partial charge on any atom is 1.00 e. The normalized spacial score (nSPS) is 11.1. The van der Waals surface area contributed by atoms with Gasteiger partial charge < -0.3 is 1.43 Å². The molecular formula is C29H24FKN6O3. The molecule has 0 bridgehead atoms. The summed E-state index contributed by atoms with van der Waals surface area (Å²) in [7, 11) is 0. The van der Waals surface area contributed by atoms with Crippen molar-refractivity contribution in [1.82, 2.24) is 29.3 Å². The molecule has 3 heterocycles. The van der Waals surface area contributed by atoms with Crippen LogP contribution in [0, 0.1) is 5.82 Å². The molecule has 0 aliphatic rings. The zero-order valence-electron chi connectivity index (χ0n) is 23.0. The van der Waals surface area contributed by atoms with Crippen LogP contribution in [0.15, 0.2) is 93.2 Å². The summed E-state index contributed by atoms with van der Waals surface area (Å²) >= 11 is 0. The second kappa shape index (κ2) is 11.9. The Bertz CT molecular complexity index is 1930. The molecule has 1 N–H and O–H groups in total. The third-order valence-corrected chi connectivity index (χ3v) is 6.65. The van der Waals surface area contributed by atoms with Gasteiger partial charge in [0.2, 0.25) is 5.78 Å². The number of benzene rings is 3. The van der Waals surface area contributed by atoms with E-state index in [1.807, 2.05) is 49.4 Å². The van der Waals surface area contributed by atoms with Crippen LogP contribution in [0.2, 0.25) is 0 Å². The van der Waals surface area contributed by atoms with E-state index in [1.165, 1.54) is 17.0 Å². The summed E-state index contributed by atoms with van der Waals surface area (Å²) in [6, 6.07) is 21.3. The largest absolute Gasteiger partial charge is 1.00 e. The van der Waals surface area contributed by atoms with Gasteiger partial charge in [-0.3, -0.25) is 14.3 Å². The average Bonchev–Trinajstić information content (AvgIpc) is 3.61. The number of nitrogens with zero attached hydrogens (tertiary/aromatic N) is 5. The smallest absolute Gasteiger partial charge is 1.00 e. The Hall–Kier alpha value is -3.48. The van der Waals surface area contributed by atoms with Gasteiger partial charge in [0.25, 0.3) is 5.56 Å². The summed E-state index contributed by atoms with van der Waals surface area (Å²) in [6.45, 7) is 2.02. The van der Waals surface area contributed by atoms with E-state index in [2.05, 4.69) is 24.7 Å². The van der Waals surface area contributed by atoms with Gasteiger partial charge in [0.1, 0.15) is 12.1 Å². The van der Waals surface area contributed by atoms with Crippen LogP contribution in [0.4, 0.5) is 4.39 Å². The van der Waals surface area contributed by atoms with Gasteiger partial charge in [-0.1, -0.05) is 73.1 Å². The third kappa shape index (κ3) is 5.18. The summed E-state index contributed by atoms with van der Waals surface area (Å²) in [5.41, 5.74) is 3.82. The zero-order chi connectivity index (χ0) is 26.9. The van der Waals surface area contributed by atoms with E-state index in [0.29, 0.717) is 51.4 Å². The first kappa shape index (κ1) is 28.1. The van der Waals surface area contributed by atoms with Crippen molar-refractivity contribution >= 4 is 5.78 Å².